The molecule has 0 saturated carbocycles. The number of halogens is 1. The molecule has 92 valence electrons. The van der Waals surface area contributed by atoms with Crippen molar-refractivity contribution in [1.29, 1.82) is 0 Å². The van der Waals surface area contributed by atoms with Crippen molar-refractivity contribution in [2.24, 2.45) is 0 Å². The molecule has 17 heavy (non-hydrogen) atoms. The molecule has 1 saturated heterocycles. The molecule has 0 radical (unpaired) electrons. The Morgan fingerprint density at radius 3 is 3.12 bits per heavy atom. The molecule has 0 aliphatic carbocycles. The first-order valence-corrected chi connectivity index (χ1v) is 5.66. The van der Waals surface area contributed by atoms with E-state index in [1.165, 1.54) is 0 Å². The first-order valence-electron chi connectivity index (χ1n) is 5.29. The molecule has 1 aliphatic heterocycles. The summed E-state index contributed by atoms with van der Waals surface area (Å²) in [7, 11) is 0. The Labute approximate surface area is 104 Å². The number of anilines is 1. The molecule has 0 bridgehead atoms. The number of aromatic nitrogens is 2. The second-order valence-corrected chi connectivity index (χ2v) is 4.25. The standard InChI is InChI=1S/C10H13ClN4O2/c1-6-4-13-10(14-8(6)11)15-3-2-12-5-7(15)9(16)17/h4,7,12H,2-3,5H2,1H3,(H,16,17). The average molecular weight is 257 g/mol. The van der Waals surface area contributed by atoms with E-state index in [-0.39, 0.29) is 0 Å². The van der Waals surface area contributed by atoms with Gasteiger partial charge in [0.25, 0.3) is 0 Å². The summed E-state index contributed by atoms with van der Waals surface area (Å²) in [4.78, 5) is 21.0. The second kappa shape index (κ2) is 4.85. The molecule has 6 nitrogen and oxygen atoms in total. The van der Waals surface area contributed by atoms with Gasteiger partial charge in [0.05, 0.1) is 0 Å². The Morgan fingerprint density at radius 1 is 1.71 bits per heavy atom. The van der Waals surface area contributed by atoms with Crippen molar-refractivity contribution < 1.29 is 9.90 Å². The molecule has 1 aromatic rings. The number of hydrogen-bond donors (Lipinski definition) is 2. The van der Waals surface area contributed by atoms with E-state index in [1.807, 2.05) is 0 Å². The summed E-state index contributed by atoms with van der Waals surface area (Å²) < 4.78 is 0. The van der Waals surface area contributed by atoms with Gasteiger partial charge in [-0.15, -0.1) is 0 Å². The van der Waals surface area contributed by atoms with Gasteiger partial charge in [0.2, 0.25) is 5.95 Å². The fourth-order valence-corrected chi connectivity index (χ4v) is 1.84. The van der Waals surface area contributed by atoms with E-state index >= 15 is 0 Å². The highest BCUT2D eigenvalue weighted by Crippen LogP contribution is 2.18. The van der Waals surface area contributed by atoms with Crippen molar-refractivity contribution >= 4 is 23.5 Å². The highest BCUT2D eigenvalue weighted by Gasteiger charge is 2.30. The summed E-state index contributed by atoms with van der Waals surface area (Å²) in [5.74, 6) is -0.521. The van der Waals surface area contributed by atoms with Gasteiger partial charge in [-0.1, -0.05) is 11.6 Å². The molecule has 0 amide bonds. The van der Waals surface area contributed by atoms with Crippen LogP contribution in [0.2, 0.25) is 5.15 Å². The molecular formula is C10H13ClN4O2. The van der Waals surface area contributed by atoms with Crippen molar-refractivity contribution in [2.45, 2.75) is 13.0 Å². The minimum atomic E-state index is -0.891. The third kappa shape index (κ3) is 2.48. The summed E-state index contributed by atoms with van der Waals surface area (Å²) in [5, 5.41) is 12.5. The van der Waals surface area contributed by atoms with Crippen LogP contribution in [0.1, 0.15) is 5.56 Å². The van der Waals surface area contributed by atoms with Gasteiger partial charge in [-0.2, -0.15) is 0 Å². The largest absolute Gasteiger partial charge is 0.480 e. The zero-order valence-corrected chi connectivity index (χ0v) is 10.1. The Bertz CT molecular complexity index is 440. The Balaban J connectivity index is 2.29. The number of nitrogens with zero attached hydrogens (tertiary/aromatic N) is 3. The van der Waals surface area contributed by atoms with Gasteiger partial charge in [-0.25, -0.2) is 14.8 Å². The van der Waals surface area contributed by atoms with Crippen LogP contribution in [0.3, 0.4) is 0 Å². The fourth-order valence-electron chi connectivity index (χ4n) is 1.72. The number of carboxylic acid groups (broad SMARTS) is 1. The zero-order chi connectivity index (χ0) is 12.4. The molecule has 1 aliphatic rings. The predicted molar refractivity (Wildman–Crippen MR) is 63.4 cm³/mol. The summed E-state index contributed by atoms with van der Waals surface area (Å²) >= 11 is 5.92. The van der Waals surface area contributed by atoms with Crippen LogP contribution in [-0.2, 0) is 4.79 Å². The molecule has 0 aromatic carbocycles. The number of piperazine rings is 1. The SMILES string of the molecule is Cc1cnc(N2CCNCC2C(=O)O)nc1Cl. The predicted octanol–water partition coefficient (Wildman–Crippen LogP) is 0.301. The van der Waals surface area contributed by atoms with E-state index in [2.05, 4.69) is 15.3 Å². The minimum Gasteiger partial charge on any atom is -0.480 e. The Morgan fingerprint density at radius 2 is 2.47 bits per heavy atom. The summed E-state index contributed by atoms with van der Waals surface area (Å²) in [5.41, 5.74) is 0.775. The van der Waals surface area contributed by atoms with E-state index in [4.69, 9.17) is 16.7 Å². The van der Waals surface area contributed by atoms with Gasteiger partial charge in [0, 0.05) is 31.4 Å². The number of carboxylic acids is 1. The van der Waals surface area contributed by atoms with Crippen LogP contribution in [0.5, 0.6) is 0 Å². The number of aliphatic carboxylic acids is 1. The highest BCUT2D eigenvalue weighted by molar-refractivity contribution is 6.30. The van der Waals surface area contributed by atoms with Gasteiger partial charge < -0.3 is 15.3 Å². The lowest BCUT2D eigenvalue weighted by Gasteiger charge is -2.33. The van der Waals surface area contributed by atoms with Gasteiger partial charge >= 0.3 is 5.97 Å². The normalized spacial score (nSPS) is 20.4. The van der Waals surface area contributed by atoms with Crippen LogP contribution in [0, 0.1) is 6.92 Å². The van der Waals surface area contributed by atoms with Crippen molar-refractivity contribution in [1.82, 2.24) is 15.3 Å². The maximum atomic E-state index is 11.1. The third-order valence-corrected chi connectivity index (χ3v) is 3.07. The topological polar surface area (TPSA) is 78.4 Å². The van der Waals surface area contributed by atoms with Gasteiger partial charge in [0.15, 0.2) is 0 Å². The molecule has 2 rings (SSSR count). The van der Waals surface area contributed by atoms with E-state index in [0.717, 1.165) is 5.56 Å². The fraction of sp³-hybridized carbons (Fsp3) is 0.500. The molecule has 1 atom stereocenters. The maximum absolute atomic E-state index is 11.1. The van der Waals surface area contributed by atoms with Crippen LogP contribution in [0.25, 0.3) is 0 Å². The Hall–Kier alpha value is -1.40. The lowest BCUT2D eigenvalue weighted by molar-refractivity contribution is -0.138. The van der Waals surface area contributed by atoms with Gasteiger partial charge in [-0.05, 0) is 6.92 Å². The molecule has 2 heterocycles. The lowest BCUT2D eigenvalue weighted by atomic mass is 10.2. The number of aryl methyl sites for hydroxylation is 1. The monoisotopic (exact) mass is 256 g/mol. The van der Waals surface area contributed by atoms with Crippen molar-refractivity contribution in [3.63, 3.8) is 0 Å². The number of nitrogens with one attached hydrogen (secondary N) is 1. The molecule has 0 spiro atoms. The summed E-state index contributed by atoms with van der Waals surface area (Å²) in [6.07, 6.45) is 1.60. The average Bonchev–Trinajstić information content (AvgIpc) is 2.32. The first-order chi connectivity index (χ1) is 8.09. The quantitative estimate of drug-likeness (QED) is 0.741. The van der Waals surface area contributed by atoms with Crippen LogP contribution < -0.4 is 10.2 Å². The molecule has 1 fully saturated rings. The summed E-state index contributed by atoms with van der Waals surface area (Å²) in [6.45, 7) is 3.44. The van der Waals surface area contributed by atoms with E-state index in [0.29, 0.717) is 30.7 Å². The lowest BCUT2D eigenvalue weighted by Crippen LogP contribution is -2.55. The third-order valence-electron chi connectivity index (χ3n) is 2.68. The van der Waals surface area contributed by atoms with Gasteiger partial charge in [-0.3, -0.25) is 0 Å². The number of carbonyl (C=O) groups is 1. The van der Waals surface area contributed by atoms with Crippen molar-refractivity contribution in [3.8, 4) is 0 Å². The number of rotatable bonds is 2. The molecular weight excluding hydrogens is 244 g/mol. The smallest absolute Gasteiger partial charge is 0.327 e. The van der Waals surface area contributed by atoms with Crippen LogP contribution >= 0.6 is 11.6 Å². The van der Waals surface area contributed by atoms with Crippen LogP contribution in [0.15, 0.2) is 6.20 Å². The Kier molecular flexibility index (Phi) is 3.44. The molecule has 1 aromatic heterocycles. The minimum absolute atomic E-state index is 0.359. The molecule has 7 heteroatoms. The van der Waals surface area contributed by atoms with Gasteiger partial charge in [0.1, 0.15) is 11.2 Å². The second-order valence-electron chi connectivity index (χ2n) is 3.90. The van der Waals surface area contributed by atoms with E-state index < -0.39 is 12.0 Å². The van der Waals surface area contributed by atoms with Crippen LogP contribution in [-0.4, -0.2) is 46.7 Å². The number of hydrogen-bond acceptors (Lipinski definition) is 5. The first kappa shape index (κ1) is 12.1. The summed E-state index contributed by atoms with van der Waals surface area (Å²) in [6, 6.07) is -0.650. The van der Waals surface area contributed by atoms with Crippen LogP contribution in [0.4, 0.5) is 5.95 Å². The zero-order valence-electron chi connectivity index (χ0n) is 9.35. The molecule has 1 unspecified atom stereocenters. The van der Waals surface area contributed by atoms with E-state index in [1.54, 1.807) is 18.0 Å². The van der Waals surface area contributed by atoms with Crippen molar-refractivity contribution in [3.05, 3.63) is 16.9 Å². The maximum Gasteiger partial charge on any atom is 0.327 e. The highest BCUT2D eigenvalue weighted by atomic mass is 35.5. The van der Waals surface area contributed by atoms with Crippen molar-refractivity contribution in [2.75, 3.05) is 24.5 Å². The molecule has 2 N–H and O–H groups in total. The van der Waals surface area contributed by atoms with E-state index in [9.17, 15) is 4.79 Å².